The van der Waals surface area contributed by atoms with Gasteiger partial charge in [0.1, 0.15) is 0 Å². The van der Waals surface area contributed by atoms with E-state index in [0.717, 1.165) is 43.1 Å². The van der Waals surface area contributed by atoms with Crippen LogP contribution < -0.4 is 5.32 Å². The van der Waals surface area contributed by atoms with Gasteiger partial charge in [-0.25, -0.2) is 0 Å². The normalized spacial score (nSPS) is 48.3. The first-order valence-electron chi connectivity index (χ1n) is 10.4. The predicted octanol–water partition coefficient (Wildman–Crippen LogP) is 5.09. The zero-order valence-electron chi connectivity index (χ0n) is 15.9. The van der Waals surface area contributed by atoms with E-state index in [0.29, 0.717) is 10.8 Å². The Morgan fingerprint density at radius 3 is 2.75 bits per heavy atom. The molecule has 0 aromatic heterocycles. The summed E-state index contributed by atoms with van der Waals surface area (Å²) in [4.78, 5) is 12.0. The Bertz CT molecular complexity index is 552. The molecule has 2 saturated carbocycles. The molecule has 134 valence electrons. The van der Waals surface area contributed by atoms with Crippen molar-refractivity contribution in [3.05, 3.63) is 11.6 Å². The van der Waals surface area contributed by atoms with E-state index in [1.165, 1.54) is 44.9 Å². The highest BCUT2D eigenvalue weighted by Gasteiger charge is 2.57. The van der Waals surface area contributed by atoms with Gasteiger partial charge in [-0.3, -0.25) is 4.79 Å². The van der Waals surface area contributed by atoms with Gasteiger partial charge in [-0.05, 0) is 85.9 Å². The van der Waals surface area contributed by atoms with E-state index in [1.54, 1.807) is 5.57 Å². The van der Waals surface area contributed by atoms with Crippen molar-refractivity contribution in [1.29, 1.82) is 0 Å². The zero-order valence-corrected chi connectivity index (χ0v) is 15.9. The van der Waals surface area contributed by atoms with Crippen LogP contribution in [0, 0.1) is 34.5 Å². The molecule has 2 nitrogen and oxygen atoms in total. The summed E-state index contributed by atoms with van der Waals surface area (Å²) in [6.45, 7) is 8.37. The van der Waals surface area contributed by atoms with E-state index in [1.807, 2.05) is 0 Å². The molecule has 2 heteroatoms. The van der Waals surface area contributed by atoms with E-state index in [-0.39, 0.29) is 5.91 Å². The van der Waals surface area contributed by atoms with Gasteiger partial charge in [0.15, 0.2) is 0 Å². The third-order valence-electron chi connectivity index (χ3n) is 8.89. The van der Waals surface area contributed by atoms with Crippen molar-refractivity contribution < 1.29 is 4.79 Å². The summed E-state index contributed by atoms with van der Waals surface area (Å²) in [6.07, 6.45) is 13.8. The molecule has 4 rings (SSSR count). The summed E-state index contributed by atoms with van der Waals surface area (Å²) in [5.41, 5.74) is 2.63. The lowest BCUT2D eigenvalue weighted by Crippen LogP contribution is -2.53. The summed E-state index contributed by atoms with van der Waals surface area (Å²) in [5.74, 6) is 3.73. The molecule has 1 heterocycles. The lowest BCUT2D eigenvalue weighted by atomic mass is 9.46. The summed E-state index contributed by atoms with van der Waals surface area (Å²) < 4.78 is 0. The van der Waals surface area contributed by atoms with Crippen LogP contribution in [0.15, 0.2) is 11.6 Å². The van der Waals surface area contributed by atoms with Gasteiger partial charge >= 0.3 is 0 Å². The number of fused-ring (bicyclic) bond motifs is 5. The van der Waals surface area contributed by atoms with Gasteiger partial charge < -0.3 is 5.32 Å². The fourth-order valence-electron chi connectivity index (χ4n) is 7.46. The first-order chi connectivity index (χ1) is 11.5. The molecule has 0 bridgehead atoms. The van der Waals surface area contributed by atoms with Gasteiger partial charge in [-0.15, -0.1) is 0 Å². The largest absolute Gasteiger partial charge is 0.356 e. The van der Waals surface area contributed by atoms with Crippen molar-refractivity contribution in [3.63, 3.8) is 0 Å². The van der Waals surface area contributed by atoms with E-state index in [4.69, 9.17) is 0 Å². The minimum absolute atomic E-state index is 0.285. The highest BCUT2D eigenvalue weighted by atomic mass is 16.1. The summed E-state index contributed by atoms with van der Waals surface area (Å²) in [5, 5.41) is 3.12. The molecule has 3 fully saturated rings. The highest BCUT2D eigenvalue weighted by Crippen LogP contribution is 2.65. The summed E-state index contributed by atoms with van der Waals surface area (Å²) >= 11 is 0. The number of rotatable bonds is 1. The van der Waals surface area contributed by atoms with Crippen LogP contribution in [-0.2, 0) is 4.79 Å². The van der Waals surface area contributed by atoms with Gasteiger partial charge in [0.25, 0.3) is 0 Å². The molecule has 0 spiro atoms. The Hall–Kier alpha value is -0.790. The lowest BCUT2D eigenvalue weighted by Gasteiger charge is -2.59. The average Bonchev–Trinajstić information content (AvgIpc) is 2.90. The second-order valence-corrected chi connectivity index (χ2v) is 9.57. The van der Waals surface area contributed by atoms with Crippen LogP contribution >= 0.6 is 0 Å². The van der Waals surface area contributed by atoms with Crippen molar-refractivity contribution >= 4 is 5.91 Å². The number of nitrogens with one attached hydrogen (secondary N) is 1. The fraction of sp³-hybridized carbons (Fsp3) is 0.864. The molecule has 24 heavy (non-hydrogen) atoms. The number of carbonyl (C=O) groups is 1. The monoisotopic (exact) mass is 329 g/mol. The lowest BCUT2D eigenvalue weighted by molar-refractivity contribution is -0.127. The second kappa shape index (κ2) is 5.88. The molecular formula is C22H35NO. The Morgan fingerprint density at radius 2 is 1.96 bits per heavy atom. The number of allylic oxidation sites excluding steroid dienone is 2. The Balaban J connectivity index is 1.61. The molecule has 1 aliphatic heterocycles. The molecule has 1 N–H and O–H groups in total. The summed E-state index contributed by atoms with van der Waals surface area (Å²) in [7, 11) is 0. The Kier molecular flexibility index (Phi) is 4.09. The standard InChI is InChI=1S/C22H35NO/c1-4-15-6-8-18-17-7-5-16-11-14-23-20(24)10-13-22(16,3)19(17)9-12-21(15,18)2/h6,16-19H,4-5,7-14H2,1-3H3,(H,23,24). The van der Waals surface area contributed by atoms with Crippen LogP contribution in [0.1, 0.15) is 78.6 Å². The molecule has 0 radical (unpaired) electrons. The third kappa shape index (κ3) is 2.31. The highest BCUT2D eigenvalue weighted by molar-refractivity contribution is 5.76. The molecule has 4 aliphatic rings. The molecule has 1 amide bonds. The van der Waals surface area contributed by atoms with E-state index in [9.17, 15) is 4.79 Å². The second-order valence-electron chi connectivity index (χ2n) is 9.57. The minimum atomic E-state index is 0.285. The van der Waals surface area contributed by atoms with Gasteiger partial charge in [-0.1, -0.05) is 32.4 Å². The van der Waals surface area contributed by atoms with Crippen LogP contribution in [-0.4, -0.2) is 12.5 Å². The Labute approximate surface area is 147 Å². The number of hydrogen-bond acceptors (Lipinski definition) is 1. The van der Waals surface area contributed by atoms with Gasteiger partial charge in [0, 0.05) is 13.0 Å². The maximum atomic E-state index is 12.0. The quantitative estimate of drug-likeness (QED) is 0.667. The minimum Gasteiger partial charge on any atom is -0.356 e. The molecular weight excluding hydrogens is 294 g/mol. The third-order valence-corrected chi connectivity index (χ3v) is 8.89. The van der Waals surface area contributed by atoms with Crippen molar-refractivity contribution in [2.75, 3.05) is 6.54 Å². The average molecular weight is 330 g/mol. The summed E-state index contributed by atoms with van der Waals surface area (Å²) in [6, 6.07) is 0. The topological polar surface area (TPSA) is 29.1 Å². The number of carbonyl (C=O) groups excluding carboxylic acids is 1. The van der Waals surface area contributed by atoms with Crippen molar-refractivity contribution in [2.45, 2.75) is 78.6 Å². The molecule has 0 aromatic rings. The van der Waals surface area contributed by atoms with Gasteiger partial charge in [0.2, 0.25) is 5.91 Å². The van der Waals surface area contributed by atoms with Crippen molar-refractivity contribution in [2.24, 2.45) is 34.5 Å². The maximum absolute atomic E-state index is 12.0. The van der Waals surface area contributed by atoms with Crippen LogP contribution in [0.4, 0.5) is 0 Å². The van der Waals surface area contributed by atoms with Gasteiger partial charge in [0.05, 0.1) is 0 Å². The van der Waals surface area contributed by atoms with Crippen LogP contribution in [0.2, 0.25) is 0 Å². The molecule has 6 atom stereocenters. The van der Waals surface area contributed by atoms with E-state index in [2.05, 4.69) is 32.2 Å². The first kappa shape index (κ1) is 16.7. The van der Waals surface area contributed by atoms with Gasteiger partial charge in [-0.2, -0.15) is 0 Å². The van der Waals surface area contributed by atoms with Crippen molar-refractivity contribution in [3.8, 4) is 0 Å². The molecule has 6 unspecified atom stereocenters. The maximum Gasteiger partial charge on any atom is 0.220 e. The van der Waals surface area contributed by atoms with Crippen LogP contribution in [0.3, 0.4) is 0 Å². The SMILES string of the molecule is CCC1=CCC2C3CCC4CCNC(=O)CCC4(C)C3CCC12C. The molecule has 0 aromatic carbocycles. The van der Waals surface area contributed by atoms with Crippen LogP contribution in [0.25, 0.3) is 0 Å². The molecule has 1 saturated heterocycles. The van der Waals surface area contributed by atoms with E-state index < -0.39 is 0 Å². The Morgan fingerprint density at radius 1 is 1.12 bits per heavy atom. The fourth-order valence-corrected chi connectivity index (χ4v) is 7.46. The zero-order chi connectivity index (χ0) is 16.9. The van der Waals surface area contributed by atoms with Crippen molar-refractivity contribution in [1.82, 2.24) is 5.32 Å². The first-order valence-corrected chi connectivity index (χ1v) is 10.4. The number of hydrogen-bond donors (Lipinski definition) is 1. The number of amides is 1. The van der Waals surface area contributed by atoms with Crippen LogP contribution in [0.5, 0.6) is 0 Å². The smallest absolute Gasteiger partial charge is 0.220 e. The predicted molar refractivity (Wildman–Crippen MR) is 98.5 cm³/mol. The molecule has 3 aliphatic carbocycles. The van der Waals surface area contributed by atoms with E-state index >= 15 is 0 Å².